The van der Waals surface area contributed by atoms with Crippen LogP contribution in [-0.2, 0) is 0 Å². The summed E-state index contributed by atoms with van der Waals surface area (Å²) in [5.74, 6) is 1.04. The van der Waals surface area contributed by atoms with E-state index in [1.165, 1.54) is 16.8 Å². The third kappa shape index (κ3) is 3.85. The molecular weight excluding hydrogens is 336 g/mol. The van der Waals surface area contributed by atoms with Crippen LogP contribution in [0.3, 0.4) is 0 Å². The van der Waals surface area contributed by atoms with Crippen molar-refractivity contribution in [3.05, 3.63) is 53.6 Å². The molecule has 0 saturated carbocycles. The second-order valence-corrected chi connectivity index (χ2v) is 7.52. The molecule has 1 aliphatic heterocycles. The predicted octanol–water partition coefficient (Wildman–Crippen LogP) is 5.56. The Balaban J connectivity index is 2.05. The van der Waals surface area contributed by atoms with E-state index in [1.807, 2.05) is 6.21 Å². The van der Waals surface area contributed by atoms with Gasteiger partial charge in [0, 0.05) is 35.6 Å². The standard InChI is InChI=1S/C23H28N2O2/c1-6-11-25-21-13-22(27-5)17(12-20(21)16(2)14-23(25,3)4)15-24-18-7-9-19(26)10-8-18/h7-10,12-15,26H,6,11H2,1-5H3. The van der Waals surface area contributed by atoms with E-state index in [1.54, 1.807) is 31.4 Å². The molecule has 142 valence electrons. The molecule has 0 spiro atoms. The fourth-order valence-electron chi connectivity index (χ4n) is 3.71. The molecule has 27 heavy (non-hydrogen) atoms. The van der Waals surface area contributed by atoms with Crippen LogP contribution in [0.25, 0.3) is 5.57 Å². The monoisotopic (exact) mass is 364 g/mol. The first kappa shape index (κ1) is 19.0. The van der Waals surface area contributed by atoms with Crippen LogP contribution < -0.4 is 9.64 Å². The lowest BCUT2D eigenvalue weighted by Crippen LogP contribution is -2.45. The summed E-state index contributed by atoms with van der Waals surface area (Å²) in [6, 6.07) is 11.1. The summed E-state index contributed by atoms with van der Waals surface area (Å²) in [4.78, 5) is 6.98. The van der Waals surface area contributed by atoms with E-state index in [0.29, 0.717) is 0 Å². The Morgan fingerprint density at radius 3 is 2.52 bits per heavy atom. The first-order chi connectivity index (χ1) is 12.9. The predicted molar refractivity (Wildman–Crippen MR) is 114 cm³/mol. The van der Waals surface area contributed by atoms with Crippen LogP contribution >= 0.6 is 0 Å². The number of aliphatic imine (C=N–C) groups is 1. The number of allylic oxidation sites excluding steroid dienone is 1. The first-order valence-corrected chi connectivity index (χ1v) is 9.38. The van der Waals surface area contributed by atoms with Crippen molar-refractivity contribution in [1.82, 2.24) is 0 Å². The molecular formula is C23H28N2O2. The highest BCUT2D eigenvalue weighted by Crippen LogP contribution is 2.42. The maximum atomic E-state index is 9.41. The third-order valence-electron chi connectivity index (χ3n) is 4.98. The number of hydrogen-bond acceptors (Lipinski definition) is 4. The van der Waals surface area contributed by atoms with Crippen molar-refractivity contribution >= 4 is 23.2 Å². The van der Waals surface area contributed by atoms with Gasteiger partial charge in [0.05, 0.1) is 18.3 Å². The summed E-state index contributed by atoms with van der Waals surface area (Å²) in [7, 11) is 1.69. The molecule has 4 nitrogen and oxygen atoms in total. The van der Waals surface area contributed by atoms with Gasteiger partial charge in [-0.15, -0.1) is 0 Å². The smallest absolute Gasteiger partial charge is 0.129 e. The fourth-order valence-corrected chi connectivity index (χ4v) is 3.71. The van der Waals surface area contributed by atoms with Gasteiger partial charge in [0.1, 0.15) is 11.5 Å². The van der Waals surface area contributed by atoms with E-state index < -0.39 is 0 Å². The van der Waals surface area contributed by atoms with Crippen molar-refractivity contribution in [2.75, 3.05) is 18.6 Å². The maximum Gasteiger partial charge on any atom is 0.129 e. The molecule has 0 fully saturated rings. The van der Waals surface area contributed by atoms with E-state index in [0.717, 1.165) is 30.0 Å². The Bertz CT molecular complexity index is 880. The number of hydrogen-bond donors (Lipinski definition) is 1. The van der Waals surface area contributed by atoms with Crippen LogP contribution in [0.15, 0.2) is 47.5 Å². The second-order valence-electron chi connectivity index (χ2n) is 7.52. The molecule has 0 saturated heterocycles. The van der Waals surface area contributed by atoms with Crippen LogP contribution in [0, 0.1) is 0 Å². The van der Waals surface area contributed by atoms with Gasteiger partial charge in [0.2, 0.25) is 0 Å². The summed E-state index contributed by atoms with van der Waals surface area (Å²) in [6.45, 7) is 9.87. The van der Waals surface area contributed by atoms with Gasteiger partial charge in [0.25, 0.3) is 0 Å². The molecule has 0 aromatic heterocycles. The number of rotatable bonds is 5. The van der Waals surface area contributed by atoms with Crippen LogP contribution in [0.1, 0.15) is 45.2 Å². The maximum absolute atomic E-state index is 9.41. The minimum Gasteiger partial charge on any atom is -0.508 e. The van der Waals surface area contributed by atoms with Gasteiger partial charge in [0.15, 0.2) is 0 Å². The van der Waals surface area contributed by atoms with Crippen molar-refractivity contribution in [2.24, 2.45) is 4.99 Å². The van der Waals surface area contributed by atoms with Gasteiger partial charge in [-0.1, -0.05) is 13.0 Å². The zero-order chi connectivity index (χ0) is 19.6. The molecule has 0 amide bonds. The lowest BCUT2D eigenvalue weighted by Gasteiger charge is -2.43. The Morgan fingerprint density at radius 2 is 1.89 bits per heavy atom. The molecule has 4 heteroatoms. The molecule has 0 aliphatic carbocycles. The molecule has 2 aromatic carbocycles. The summed E-state index contributed by atoms with van der Waals surface area (Å²) >= 11 is 0. The number of benzene rings is 2. The third-order valence-corrected chi connectivity index (χ3v) is 4.98. The number of phenols is 1. The molecule has 3 rings (SSSR count). The average molecular weight is 364 g/mol. The molecule has 0 bridgehead atoms. The average Bonchev–Trinajstić information content (AvgIpc) is 2.63. The molecule has 2 aromatic rings. The summed E-state index contributed by atoms with van der Waals surface area (Å²) in [6.07, 6.45) is 5.24. The van der Waals surface area contributed by atoms with Crippen LogP contribution in [-0.4, -0.2) is 30.5 Å². The van der Waals surface area contributed by atoms with Gasteiger partial charge in [-0.25, -0.2) is 0 Å². The first-order valence-electron chi connectivity index (χ1n) is 9.38. The quantitative estimate of drug-likeness (QED) is 0.706. The lowest BCUT2D eigenvalue weighted by molar-refractivity contribution is 0.413. The van der Waals surface area contributed by atoms with Gasteiger partial charge in [-0.05, 0) is 63.1 Å². The Morgan fingerprint density at radius 1 is 1.19 bits per heavy atom. The SMILES string of the molecule is CCCN1c2cc(OC)c(C=Nc3ccc(O)cc3)cc2C(C)=CC1(C)C. The molecule has 0 radical (unpaired) electrons. The Hall–Kier alpha value is -2.75. The molecule has 0 unspecified atom stereocenters. The normalized spacial score (nSPS) is 15.6. The number of nitrogens with zero attached hydrogens (tertiary/aromatic N) is 2. The van der Waals surface area contributed by atoms with Gasteiger partial charge in [-0.2, -0.15) is 0 Å². The van der Waals surface area contributed by atoms with E-state index in [9.17, 15) is 5.11 Å². The molecule has 1 heterocycles. The van der Waals surface area contributed by atoms with Gasteiger partial charge >= 0.3 is 0 Å². The van der Waals surface area contributed by atoms with Crippen molar-refractivity contribution in [2.45, 2.75) is 39.7 Å². The number of aromatic hydroxyl groups is 1. The van der Waals surface area contributed by atoms with Gasteiger partial charge in [-0.3, -0.25) is 4.99 Å². The fraction of sp³-hybridized carbons (Fsp3) is 0.348. The van der Waals surface area contributed by atoms with Crippen molar-refractivity contribution in [3.63, 3.8) is 0 Å². The van der Waals surface area contributed by atoms with Crippen molar-refractivity contribution in [1.29, 1.82) is 0 Å². The molecule has 0 atom stereocenters. The minimum absolute atomic E-state index is 0.0280. The van der Waals surface area contributed by atoms with Crippen molar-refractivity contribution < 1.29 is 9.84 Å². The van der Waals surface area contributed by atoms with Crippen LogP contribution in [0.5, 0.6) is 11.5 Å². The Kier molecular flexibility index (Phi) is 5.26. The van der Waals surface area contributed by atoms with Crippen molar-refractivity contribution in [3.8, 4) is 11.5 Å². The summed E-state index contributed by atoms with van der Waals surface area (Å²) in [5, 5.41) is 9.41. The van der Waals surface area contributed by atoms with E-state index in [2.05, 4.69) is 55.8 Å². The van der Waals surface area contributed by atoms with Gasteiger partial charge < -0.3 is 14.7 Å². The molecule has 1 aliphatic rings. The molecule has 1 N–H and O–H groups in total. The Labute approximate surface area is 161 Å². The highest BCUT2D eigenvalue weighted by Gasteiger charge is 2.31. The van der Waals surface area contributed by atoms with Crippen LogP contribution in [0.4, 0.5) is 11.4 Å². The summed E-state index contributed by atoms with van der Waals surface area (Å²) < 4.78 is 5.67. The van der Waals surface area contributed by atoms with E-state index in [4.69, 9.17) is 4.74 Å². The zero-order valence-electron chi connectivity index (χ0n) is 16.8. The number of ether oxygens (including phenoxy) is 1. The minimum atomic E-state index is -0.0280. The van der Waals surface area contributed by atoms with E-state index >= 15 is 0 Å². The topological polar surface area (TPSA) is 45.1 Å². The highest BCUT2D eigenvalue weighted by molar-refractivity contribution is 5.92. The largest absolute Gasteiger partial charge is 0.508 e. The number of methoxy groups -OCH3 is 1. The summed E-state index contributed by atoms with van der Waals surface area (Å²) in [5.41, 5.74) is 5.39. The zero-order valence-corrected chi connectivity index (χ0v) is 16.8. The second kappa shape index (κ2) is 7.47. The number of phenolic OH excluding ortho intramolecular Hbond substituents is 1. The van der Waals surface area contributed by atoms with E-state index in [-0.39, 0.29) is 11.3 Å². The number of fused-ring (bicyclic) bond motifs is 1. The highest BCUT2D eigenvalue weighted by atomic mass is 16.5. The number of anilines is 1. The van der Waals surface area contributed by atoms with Crippen LogP contribution in [0.2, 0.25) is 0 Å². The lowest BCUT2D eigenvalue weighted by atomic mass is 9.87.